The van der Waals surface area contributed by atoms with Crippen molar-refractivity contribution in [2.75, 3.05) is 10.6 Å². The van der Waals surface area contributed by atoms with Crippen LogP contribution in [-0.4, -0.2) is 10.8 Å². The van der Waals surface area contributed by atoms with Gasteiger partial charge in [-0.05, 0) is 43.2 Å². The van der Waals surface area contributed by atoms with Crippen molar-refractivity contribution in [1.29, 1.82) is 5.26 Å². The Hall–Kier alpha value is -3.66. The van der Waals surface area contributed by atoms with Crippen LogP contribution in [0.3, 0.4) is 0 Å². The van der Waals surface area contributed by atoms with Crippen molar-refractivity contribution in [2.24, 2.45) is 0 Å². The Morgan fingerprint density at radius 3 is 2.48 bits per heavy atom. The molecular formula is C18H16N4O3. The maximum atomic E-state index is 12.2. The fraction of sp³-hybridized carbons (Fsp3) is 0.111. The number of nitrogens with one attached hydrogen (secondary N) is 2. The van der Waals surface area contributed by atoms with Gasteiger partial charge < -0.3 is 10.6 Å². The van der Waals surface area contributed by atoms with Crippen LogP contribution in [0.1, 0.15) is 11.1 Å². The second-order valence-electron chi connectivity index (χ2n) is 5.32. The van der Waals surface area contributed by atoms with Crippen molar-refractivity contribution in [1.82, 2.24) is 0 Å². The minimum Gasteiger partial charge on any atom is -0.360 e. The molecule has 2 aromatic carbocycles. The molecule has 2 N–H and O–H groups in total. The first-order valence-corrected chi connectivity index (χ1v) is 7.41. The number of nitro benzene ring substituents is 1. The van der Waals surface area contributed by atoms with Gasteiger partial charge in [-0.3, -0.25) is 14.9 Å². The highest BCUT2D eigenvalue weighted by Gasteiger charge is 2.11. The Balaban J connectivity index is 2.11. The molecule has 2 rings (SSSR count). The van der Waals surface area contributed by atoms with E-state index in [-0.39, 0.29) is 11.3 Å². The van der Waals surface area contributed by atoms with Crippen molar-refractivity contribution in [2.45, 2.75) is 13.8 Å². The first-order chi connectivity index (χ1) is 11.9. The number of aryl methyl sites for hydroxylation is 1. The van der Waals surface area contributed by atoms with Gasteiger partial charge in [-0.15, -0.1) is 0 Å². The zero-order chi connectivity index (χ0) is 18.4. The molecule has 0 fully saturated rings. The van der Waals surface area contributed by atoms with Gasteiger partial charge in [-0.1, -0.05) is 12.1 Å². The van der Waals surface area contributed by atoms with Crippen LogP contribution in [0, 0.1) is 35.3 Å². The standard InChI is InChI=1S/C18H16N4O3/c1-12-4-3-5-17(13(12)2)21-18(23)14(10-19)11-20-15-6-8-16(9-7-15)22(24)25/h3-9,11,20H,1-2H3,(H,21,23)/b14-11-. The molecule has 0 heterocycles. The third-order valence-electron chi connectivity index (χ3n) is 3.68. The van der Waals surface area contributed by atoms with Gasteiger partial charge in [-0.25, -0.2) is 0 Å². The highest BCUT2D eigenvalue weighted by molar-refractivity contribution is 6.07. The molecule has 0 bridgehead atoms. The number of benzene rings is 2. The van der Waals surface area contributed by atoms with Gasteiger partial charge in [0, 0.05) is 29.7 Å². The topological polar surface area (TPSA) is 108 Å². The lowest BCUT2D eigenvalue weighted by molar-refractivity contribution is -0.384. The minimum absolute atomic E-state index is 0.0392. The van der Waals surface area contributed by atoms with Crippen LogP contribution in [0.25, 0.3) is 0 Å². The fourth-order valence-electron chi connectivity index (χ4n) is 2.06. The Morgan fingerprint density at radius 2 is 1.88 bits per heavy atom. The smallest absolute Gasteiger partial charge is 0.269 e. The maximum absolute atomic E-state index is 12.2. The van der Waals surface area contributed by atoms with E-state index in [1.165, 1.54) is 30.5 Å². The van der Waals surface area contributed by atoms with Crippen molar-refractivity contribution in [3.63, 3.8) is 0 Å². The Morgan fingerprint density at radius 1 is 1.20 bits per heavy atom. The number of amides is 1. The third kappa shape index (κ3) is 4.42. The summed E-state index contributed by atoms with van der Waals surface area (Å²) in [7, 11) is 0. The summed E-state index contributed by atoms with van der Waals surface area (Å²) in [5, 5.41) is 25.3. The zero-order valence-electron chi connectivity index (χ0n) is 13.7. The molecule has 1 amide bonds. The summed E-state index contributed by atoms with van der Waals surface area (Å²) in [5.74, 6) is -0.536. The van der Waals surface area contributed by atoms with Crippen LogP contribution < -0.4 is 10.6 Å². The molecule has 2 aromatic rings. The number of hydrogen-bond acceptors (Lipinski definition) is 5. The second-order valence-corrected chi connectivity index (χ2v) is 5.32. The number of anilines is 2. The molecule has 25 heavy (non-hydrogen) atoms. The van der Waals surface area contributed by atoms with Crippen molar-refractivity contribution >= 4 is 23.0 Å². The van der Waals surface area contributed by atoms with E-state index in [0.717, 1.165) is 11.1 Å². The normalized spacial score (nSPS) is 10.7. The summed E-state index contributed by atoms with van der Waals surface area (Å²) in [6.45, 7) is 3.82. The quantitative estimate of drug-likeness (QED) is 0.375. The third-order valence-corrected chi connectivity index (χ3v) is 3.68. The van der Waals surface area contributed by atoms with Crippen LogP contribution in [0.5, 0.6) is 0 Å². The Labute approximate surface area is 144 Å². The highest BCUT2D eigenvalue weighted by Crippen LogP contribution is 2.19. The fourth-order valence-corrected chi connectivity index (χ4v) is 2.06. The first-order valence-electron chi connectivity index (χ1n) is 7.41. The number of nitro groups is 1. The molecule has 0 aromatic heterocycles. The molecule has 0 spiro atoms. The predicted octanol–water partition coefficient (Wildman–Crippen LogP) is 3.67. The average Bonchev–Trinajstić information content (AvgIpc) is 2.60. The van der Waals surface area contributed by atoms with E-state index in [2.05, 4.69) is 10.6 Å². The van der Waals surface area contributed by atoms with Crippen molar-refractivity contribution < 1.29 is 9.72 Å². The van der Waals surface area contributed by atoms with Gasteiger partial charge in [0.25, 0.3) is 11.6 Å². The number of carbonyl (C=O) groups is 1. The molecule has 0 aliphatic rings. The number of nitriles is 1. The summed E-state index contributed by atoms with van der Waals surface area (Å²) in [6, 6.07) is 13.0. The number of carbonyl (C=O) groups excluding carboxylic acids is 1. The van der Waals surface area contributed by atoms with Gasteiger partial charge in [0.2, 0.25) is 0 Å². The van der Waals surface area contributed by atoms with E-state index >= 15 is 0 Å². The zero-order valence-corrected chi connectivity index (χ0v) is 13.7. The van der Waals surface area contributed by atoms with Crippen LogP contribution in [0.2, 0.25) is 0 Å². The second kappa shape index (κ2) is 7.75. The summed E-state index contributed by atoms with van der Waals surface area (Å²) in [6.07, 6.45) is 1.27. The molecular weight excluding hydrogens is 320 g/mol. The number of non-ortho nitro benzene ring substituents is 1. The molecule has 0 saturated carbocycles. The monoisotopic (exact) mass is 336 g/mol. The van der Waals surface area contributed by atoms with E-state index in [0.29, 0.717) is 11.4 Å². The van der Waals surface area contributed by atoms with Gasteiger partial charge in [0.1, 0.15) is 11.6 Å². The van der Waals surface area contributed by atoms with Crippen LogP contribution in [0.15, 0.2) is 54.2 Å². The molecule has 0 aliphatic carbocycles. The van der Waals surface area contributed by atoms with Crippen molar-refractivity contribution in [3.8, 4) is 6.07 Å². The van der Waals surface area contributed by atoms with Crippen LogP contribution in [0.4, 0.5) is 17.1 Å². The maximum Gasteiger partial charge on any atom is 0.269 e. The summed E-state index contributed by atoms with van der Waals surface area (Å²) in [4.78, 5) is 22.4. The van der Waals surface area contributed by atoms with Crippen LogP contribution in [-0.2, 0) is 4.79 Å². The Bertz CT molecular complexity index is 880. The molecule has 126 valence electrons. The van der Waals surface area contributed by atoms with E-state index < -0.39 is 10.8 Å². The molecule has 0 radical (unpaired) electrons. The van der Waals surface area contributed by atoms with E-state index in [1.807, 2.05) is 32.0 Å². The highest BCUT2D eigenvalue weighted by atomic mass is 16.6. The number of nitrogens with zero attached hydrogens (tertiary/aromatic N) is 2. The molecule has 7 heteroatoms. The van der Waals surface area contributed by atoms with E-state index in [9.17, 15) is 20.2 Å². The predicted molar refractivity (Wildman–Crippen MR) is 95.0 cm³/mol. The molecule has 0 unspecified atom stereocenters. The Kier molecular flexibility index (Phi) is 5.48. The summed E-state index contributed by atoms with van der Waals surface area (Å²) >= 11 is 0. The van der Waals surface area contributed by atoms with Gasteiger partial charge in [0.15, 0.2) is 0 Å². The van der Waals surface area contributed by atoms with Gasteiger partial charge >= 0.3 is 0 Å². The lowest BCUT2D eigenvalue weighted by Gasteiger charge is -2.10. The first kappa shape index (κ1) is 17.7. The molecule has 7 nitrogen and oxygen atoms in total. The lowest BCUT2D eigenvalue weighted by Crippen LogP contribution is -2.15. The lowest BCUT2D eigenvalue weighted by atomic mass is 10.1. The molecule has 0 aliphatic heterocycles. The van der Waals surface area contributed by atoms with Crippen LogP contribution >= 0.6 is 0 Å². The number of rotatable bonds is 5. The largest absolute Gasteiger partial charge is 0.360 e. The van der Waals surface area contributed by atoms with E-state index in [1.54, 1.807) is 6.07 Å². The average molecular weight is 336 g/mol. The SMILES string of the molecule is Cc1cccc(NC(=O)/C(C#N)=C\Nc2ccc([N+](=O)[O-])cc2)c1C. The van der Waals surface area contributed by atoms with Gasteiger partial charge in [0.05, 0.1) is 4.92 Å². The number of hydrogen-bond donors (Lipinski definition) is 2. The summed E-state index contributed by atoms with van der Waals surface area (Å²) < 4.78 is 0. The van der Waals surface area contributed by atoms with Gasteiger partial charge in [-0.2, -0.15) is 5.26 Å². The van der Waals surface area contributed by atoms with Crippen molar-refractivity contribution in [3.05, 3.63) is 75.5 Å². The van der Waals surface area contributed by atoms with E-state index in [4.69, 9.17) is 0 Å². The summed E-state index contributed by atoms with van der Waals surface area (Å²) in [5.41, 5.74) is 2.97. The molecule has 0 saturated heterocycles. The minimum atomic E-state index is -0.536. The molecule has 0 atom stereocenters.